The number of anilines is 1. The molecule has 2 aromatic carbocycles. The summed E-state index contributed by atoms with van der Waals surface area (Å²) in [5, 5.41) is 0.330. The van der Waals surface area contributed by atoms with Gasteiger partial charge in [0, 0.05) is 44.8 Å². The molecule has 1 amide bonds. The van der Waals surface area contributed by atoms with Gasteiger partial charge in [0.2, 0.25) is 5.91 Å². The van der Waals surface area contributed by atoms with E-state index in [1.54, 1.807) is 7.11 Å². The van der Waals surface area contributed by atoms with Gasteiger partial charge < -0.3 is 24.3 Å². The second kappa shape index (κ2) is 11.8. The van der Waals surface area contributed by atoms with Crippen molar-refractivity contribution >= 4 is 28.5 Å². The maximum absolute atomic E-state index is 12.8. The fourth-order valence-electron chi connectivity index (χ4n) is 4.59. The SMILES string of the molecule is COC(=O)c1ccc2c(=O)n(CCCCCC(=O)N3CCN(c4ccc(OC)cc4)CC3)c(=O)[nH]c2c1. The van der Waals surface area contributed by atoms with E-state index in [9.17, 15) is 19.2 Å². The molecule has 0 aliphatic carbocycles. The van der Waals surface area contributed by atoms with E-state index in [0.29, 0.717) is 43.3 Å². The number of methoxy groups -OCH3 is 2. The van der Waals surface area contributed by atoms with E-state index >= 15 is 0 Å². The van der Waals surface area contributed by atoms with Crippen molar-refractivity contribution in [2.24, 2.45) is 0 Å². The lowest BCUT2D eigenvalue weighted by molar-refractivity contribution is -0.131. The molecule has 10 nitrogen and oxygen atoms in total. The van der Waals surface area contributed by atoms with Gasteiger partial charge in [-0.1, -0.05) is 6.42 Å². The Morgan fingerprint density at radius 1 is 0.919 bits per heavy atom. The molecule has 4 rings (SSSR count). The minimum atomic E-state index is -0.541. The largest absolute Gasteiger partial charge is 0.497 e. The highest BCUT2D eigenvalue weighted by Crippen LogP contribution is 2.21. The van der Waals surface area contributed by atoms with Gasteiger partial charge in [0.1, 0.15) is 5.75 Å². The fraction of sp³-hybridized carbons (Fsp3) is 0.407. The molecule has 37 heavy (non-hydrogen) atoms. The molecular formula is C27H32N4O6. The highest BCUT2D eigenvalue weighted by Gasteiger charge is 2.21. The predicted molar refractivity (Wildman–Crippen MR) is 140 cm³/mol. The van der Waals surface area contributed by atoms with E-state index in [0.717, 1.165) is 30.9 Å². The molecule has 2 heterocycles. The molecule has 0 unspecified atom stereocenters. The number of hydrogen-bond donors (Lipinski definition) is 1. The van der Waals surface area contributed by atoms with Crippen LogP contribution in [0.4, 0.5) is 5.69 Å². The lowest BCUT2D eigenvalue weighted by Gasteiger charge is -2.36. The zero-order chi connectivity index (χ0) is 26.4. The first-order valence-corrected chi connectivity index (χ1v) is 12.4. The summed E-state index contributed by atoms with van der Waals surface area (Å²) in [6.45, 7) is 3.20. The Morgan fingerprint density at radius 2 is 1.65 bits per heavy atom. The Hall–Kier alpha value is -4.08. The van der Waals surface area contributed by atoms with E-state index in [4.69, 9.17) is 4.74 Å². The van der Waals surface area contributed by atoms with Gasteiger partial charge in [0.15, 0.2) is 0 Å². The number of carbonyl (C=O) groups is 2. The number of aromatic nitrogens is 2. The summed E-state index contributed by atoms with van der Waals surface area (Å²) >= 11 is 0. The summed E-state index contributed by atoms with van der Waals surface area (Å²) in [4.78, 5) is 56.5. The lowest BCUT2D eigenvalue weighted by atomic mass is 10.1. The van der Waals surface area contributed by atoms with Gasteiger partial charge in [-0.15, -0.1) is 0 Å². The quantitative estimate of drug-likeness (QED) is 0.349. The second-order valence-electron chi connectivity index (χ2n) is 9.02. The van der Waals surface area contributed by atoms with E-state index in [-0.39, 0.29) is 18.0 Å². The average molecular weight is 509 g/mol. The zero-order valence-electron chi connectivity index (χ0n) is 21.2. The molecule has 1 saturated heterocycles. The highest BCUT2D eigenvalue weighted by atomic mass is 16.5. The van der Waals surface area contributed by atoms with Crippen LogP contribution in [0.25, 0.3) is 10.9 Å². The molecule has 1 fully saturated rings. The maximum Gasteiger partial charge on any atom is 0.337 e. The van der Waals surface area contributed by atoms with Gasteiger partial charge in [-0.05, 0) is 55.3 Å². The number of benzene rings is 2. The van der Waals surface area contributed by atoms with Crippen molar-refractivity contribution < 1.29 is 19.1 Å². The topological polar surface area (TPSA) is 114 Å². The molecule has 3 aromatic rings. The monoisotopic (exact) mass is 508 g/mol. The number of rotatable bonds is 9. The molecule has 1 aliphatic heterocycles. The molecule has 0 saturated carbocycles. The number of hydrogen-bond acceptors (Lipinski definition) is 7. The van der Waals surface area contributed by atoms with E-state index in [1.807, 2.05) is 29.2 Å². The van der Waals surface area contributed by atoms with Gasteiger partial charge >= 0.3 is 11.7 Å². The Balaban J connectivity index is 1.23. The molecule has 1 N–H and O–H groups in total. The molecular weight excluding hydrogens is 476 g/mol. The fourth-order valence-corrected chi connectivity index (χ4v) is 4.59. The van der Waals surface area contributed by atoms with Crippen molar-refractivity contribution in [1.29, 1.82) is 0 Å². The van der Waals surface area contributed by atoms with Crippen LogP contribution in [0.5, 0.6) is 5.75 Å². The number of fused-ring (bicyclic) bond motifs is 1. The van der Waals surface area contributed by atoms with Crippen LogP contribution in [0.3, 0.4) is 0 Å². The van der Waals surface area contributed by atoms with Crippen molar-refractivity contribution in [2.45, 2.75) is 32.2 Å². The molecule has 1 aromatic heterocycles. The van der Waals surface area contributed by atoms with Crippen LogP contribution < -0.4 is 20.9 Å². The van der Waals surface area contributed by atoms with Crippen LogP contribution in [0.15, 0.2) is 52.1 Å². The van der Waals surface area contributed by atoms with E-state index in [1.165, 1.54) is 29.9 Å². The maximum atomic E-state index is 12.8. The van der Waals surface area contributed by atoms with Gasteiger partial charge in [-0.3, -0.25) is 14.2 Å². The molecule has 0 spiro atoms. The lowest BCUT2D eigenvalue weighted by Crippen LogP contribution is -2.48. The van der Waals surface area contributed by atoms with Crippen LogP contribution in [0.1, 0.15) is 36.0 Å². The Labute approximate surface area is 214 Å². The summed E-state index contributed by atoms with van der Waals surface area (Å²) in [6.07, 6.45) is 2.47. The summed E-state index contributed by atoms with van der Waals surface area (Å²) in [7, 11) is 2.91. The predicted octanol–water partition coefficient (Wildman–Crippen LogP) is 2.39. The number of ether oxygens (including phenoxy) is 2. The van der Waals surface area contributed by atoms with Crippen molar-refractivity contribution in [1.82, 2.24) is 14.5 Å². The molecule has 0 bridgehead atoms. The third kappa shape index (κ3) is 6.02. The van der Waals surface area contributed by atoms with Gasteiger partial charge in [0.25, 0.3) is 5.56 Å². The van der Waals surface area contributed by atoms with Crippen molar-refractivity contribution in [3.63, 3.8) is 0 Å². The van der Waals surface area contributed by atoms with Crippen LogP contribution in [0.2, 0.25) is 0 Å². The number of aromatic amines is 1. The third-order valence-electron chi connectivity index (χ3n) is 6.75. The number of nitrogens with zero attached hydrogens (tertiary/aromatic N) is 3. The van der Waals surface area contributed by atoms with E-state index < -0.39 is 17.2 Å². The molecule has 10 heteroatoms. The molecule has 0 atom stereocenters. The molecule has 196 valence electrons. The smallest absolute Gasteiger partial charge is 0.337 e. The van der Waals surface area contributed by atoms with Gasteiger partial charge in [-0.25, -0.2) is 9.59 Å². The van der Waals surface area contributed by atoms with Gasteiger partial charge in [0.05, 0.1) is 30.7 Å². The Kier molecular flexibility index (Phi) is 8.27. The Bertz CT molecular complexity index is 1370. The normalized spacial score (nSPS) is 13.6. The van der Waals surface area contributed by atoms with Crippen LogP contribution in [-0.2, 0) is 16.1 Å². The number of amides is 1. The zero-order valence-corrected chi connectivity index (χ0v) is 21.2. The van der Waals surface area contributed by atoms with Crippen LogP contribution >= 0.6 is 0 Å². The standard InChI is InChI=1S/C27H32N4O6/c1-36-21-10-8-20(9-11-21)29-14-16-30(17-15-29)24(32)6-4-3-5-13-31-25(33)22-12-7-19(26(34)37-2)18-23(22)28-27(31)35/h7-12,18H,3-6,13-17H2,1-2H3,(H,28,35). The number of esters is 1. The van der Waals surface area contributed by atoms with Crippen LogP contribution in [-0.4, -0.2) is 66.7 Å². The van der Waals surface area contributed by atoms with Crippen molar-refractivity contribution in [3.8, 4) is 5.75 Å². The number of carbonyl (C=O) groups excluding carboxylic acids is 2. The first-order valence-electron chi connectivity index (χ1n) is 12.4. The van der Waals surface area contributed by atoms with Gasteiger partial charge in [-0.2, -0.15) is 0 Å². The minimum Gasteiger partial charge on any atom is -0.497 e. The Morgan fingerprint density at radius 3 is 2.32 bits per heavy atom. The third-order valence-corrected chi connectivity index (χ3v) is 6.75. The number of piperazine rings is 1. The highest BCUT2D eigenvalue weighted by molar-refractivity contribution is 5.93. The minimum absolute atomic E-state index is 0.136. The van der Waals surface area contributed by atoms with Crippen molar-refractivity contribution in [3.05, 3.63) is 68.9 Å². The molecule has 1 aliphatic rings. The van der Waals surface area contributed by atoms with Crippen molar-refractivity contribution in [2.75, 3.05) is 45.3 Å². The number of H-pyrrole nitrogens is 1. The van der Waals surface area contributed by atoms with E-state index in [2.05, 4.69) is 14.6 Å². The second-order valence-corrected chi connectivity index (χ2v) is 9.02. The average Bonchev–Trinajstić information content (AvgIpc) is 2.93. The molecule has 0 radical (unpaired) electrons. The first-order chi connectivity index (χ1) is 17.9. The first kappa shape index (κ1) is 26.0. The number of nitrogens with one attached hydrogen (secondary N) is 1. The summed E-state index contributed by atoms with van der Waals surface area (Å²) in [5.74, 6) is 0.416. The number of unbranched alkanes of at least 4 members (excludes halogenated alkanes) is 2. The summed E-state index contributed by atoms with van der Waals surface area (Å²) in [5.41, 5.74) is 0.753. The van der Waals surface area contributed by atoms with Crippen LogP contribution in [0, 0.1) is 0 Å². The summed E-state index contributed by atoms with van der Waals surface area (Å²) in [6, 6.07) is 12.4. The summed E-state index contributed by atoms with van der Waals surface area (Å²) < 4.78 is 11.1.